The number of rotatable bonds is 8. The van der Waals surface area contributed by atoms with Crippen LogP contribution in [-0.4, -0.2) is 42.7 Å². The van der Waals surface area contributed by atoms with E-state index in [1.54, 1.807) is 35.1 Å². The van der Waals surface area contributed by atoms with E-state index in [0.717, 1.165) is 23.1 Å². The van der Waals surface area contributed by atoms with Crippen molar-refractivity contribution in [3.05, 3.63) is 96.2 Å². The van der Waals surface area contributed by atoms with Crippen molar-refractivity contribution in [1.29, 1.82) is 0 Å². The van der Waals surface area contributed by atoms with E-state index in [0.29, 0.717) is 22.7 Å². The molecule has 34 heavy (non-hydrogen) atoms. The second kappa shape index (κ2) is 9.93. The number of para-hydroxylation sites is 1. The van der Waals surface area contributed by atoms with Crippen molar-refractivity contribution in [2.45, 2.75) is 6.92 Å². The first-order chi connectivity index (χ1) is 16.3. The van der Waals surface area contributed by atoms with Gasteiger partial charge in [-0.25, -0.2) is 13.1 Å². The van der Waals surface area contributed by atoms with Gasteiger partial charge in [-0.1, -0.05) is 48.5 Å². The van der Waals surface area contributed by atoms with Crippen molar-refractivity contribution in [3.63, 3.8) is 0 Å². The van der Waals surface area contributed by atoms with Crippen LogP contribution < -0.4 is 10.1 Å². The van der Waals surface area contributed by atoms with Gasteiger partial charge >= 0.3 is 0 Å². The number of aryl methyl sites for hydroxylation is 1. The molecule has 0 saturated heterocycles. The first kappa shape index (κ1) is 23.3. The normalized spacial score (nSPS) is 11.2. The van der Waals surface area contributed by atoms with Gasteiger partial charge in [0.15, 0.2) is 9.84 Å². The molecule has 4 rings (SSSR count). The highest BCUT2D eigenvalue weighted by Gasteiger charge is 2.20. The van der Waals surface area contributed by atoms with E-state index < -0.39 is 9.84 Å². The number of ether oxygens (including phenoxy) is 1. The van der Waals surface area contributed by atoms with Gasteiger partial charge in [-0.15, -0.1) is 0 Å². The third kappa shape index (κ3) is 5.71. The molecule has 1 aromatic heterocycles. The maximum Gasteiger partial charge on any atom is 0.259 e. The van der Waals surface area contributed by atoms with Crippen LogP contribution in [0.3, 0.4) is 0 Å². The van der Waals surface area contributed by atoms with Crippen molar-refractivity contribution < 1.29 is 17.9 Å². The van der Waals surface area contributed by atoms with Gasteiger partial charge in [-0.3, -0.25) is 4.79 Å². The lowest BCUT2D eigenvalue weighted by molar-refractivity contribution is 0.102. The fourth-order valence-electron chi connectivity index (χ4n) is 3.46. The summed E-state index contributed by atoms with van der Waals surface area (Å²) in [5.74, 6) is 0.0801. The number of nitrogens with zero attached hydrogens (tertiary/aromatic N) is 2. The summed E-state index contributed by atoms with van der Waals surface area (Å²) >= 11 is 0. The second-order valence-electron chi connectivity index (χ2n) is 7.95. The zero-order valence-electron chi connectivity index (χ0n) is 18.9. The maximum absolute atomic E-state index is 13.3. The van der Waals surface area contributed by atoms with Crippen LogP contribution in [0, 0.1) is 6.92 Å². The summed E-state index contributed by atoms with van der Waals surface area (Å²) in [6.45, 7) is 2.02. The van der Waals surface area contributed by atoms with Crippen LogP contribution in [0.4, 0.5) is 5.69 Å². The summed E-state index contributed by atoms with van der Waals surface area (Å²) in [5.41, 5.74) is 4.28. The zero-order valence-corrected chi connectivity index (χ0v) is 19.7. The summed E-state index contributed by atoms with van der Waals surface area (Å²) < 4.78 is 29.9. The molecule has 1 heterocycles. The molecule has 0 aliphatic heterocycles. The first-order valence-electron chi connectivity index (χ1n) is 10.7. The zero-order chi connectivity index (χ0) is 24.1. The van der Waals surface area contributed by atoms with Gasteiger partial charge in [-0.05, 0) is 36.8 Å². The van der Waals surface area contributed by atoms with Gasteiger partial charge in [0.05, 0.1) is 17.0 Å². The Kier molecular flexibility index (Phi) is 6.79. The van der Waals surface area contributed by atoms with Crippen LogP contribution in [0.5, 0.6) is 5.75 Å². The van der Waals surface area contributed by atoms with Gasteiger partial charge < -0.3 is 10.1 Å². The standard InChI is InChI=1S/C26H25N3O4S/c1-19-9-6-7-14-23(19)25-24(18-29(28-25)21-11-4-3-5-12-21)26(30)27-20-10-8-13-22(17-20)33-15-16-34(2,31)32/h3-14,17-18H,15-16H2,1-2H3,(H,27,30). The maximum atomic E-state index is 13.3. The molecule has 1 amide bonds. The number of anilines is 1. The van der Waals surface area contributed by atoms with Gasteiger partial charge in [0, 0.05) is 29.8 Å². The molecule has 0 fully saturated rings. The number of aromatic nitrogens is 2. The molecule has 0 radical (unpaired) electrons. The Balaban J connectivity index is 1.62. The fraction of sp³-hybridized carbons (Fsp3) is 0.154. The van der Waals surface area contributed by atoms with Crippen LogP contribution >= 0.6 is 0 Å². The molecule has 0 bridgehead atoms. The number of carbonyl (C=O) groups excluding carboxylic acids is 1. The van der Waals surface area contributed by atoms with Gasteiger partial charge in [0.2, 0.25) is 0 Å². The average molecular weight is 476 g/mol. The van der Waals surface area contributed by atoms with Gasteiger partial charge in [0.1, 0.15) is 18.1 Å². The number of benzene rings is 3. The van der Waals surface area contributed by atoms with Crippen molar-refractivity contribution in [1.82, 2.24) is 9.78 Å². The van der Waals surface area contributed by atoms with Crippen LogP contribution in [0.25, 0.3) is 16.9 Å². The SMILES string of the molecule is Cc1ccccc1-c1nn(-c2ccccc2)cc1C(=O)Nc1cccc(OCCS(C)(=O)=O)c1. The van der Waals surface area contributed by atoms with Crippen LogP contribution in [0.15, 0.2) is 85.1 Å². The topological polar surface area (TPSA) is 90.3 Å². The number of sulfone groups is 1. The minimum atomic E-state index is -3.12. The van der Waals surface area contributed by atoms with Crippen LogP contribution in [0.2, 0.25) is 0 Å². The predicted octanol–water partition coefficient (Wildman–Crippen LogP) is 4.52. The molecule has 4 aromatic rings. The Labute approximate surface area is 198 Å². The summed E-state index contributed by atoms with van der Waals surface area (Å²) in [4.78, 5) is 13.3. The van der Waals surface area contributed by atoms with E-state index in [1.165, 1.54) is 0 Å². The lowest BCUT2D eigenvalue weighted by atomic mass is 10.0. The molecule has 0 aliphatic rings. The predicted molar refractivity (Wildman–Crippen MR) is 133 cm³/mol. The summed E-state index contributed by atoms with van der Waals surface area (Å²) in [7, 11) is -3.12. The van der Waals surface area contributed by atoms with E-state index in [-0.39, 0.29) is 18.3 Å². The molecule has 1 N–H and O–H groups in total. The Bertz CT molecular complexity index is 1410. The minimum Gasteiger partial charge on any atom is -0.492 e. The third-order valence-electron chi connectivity index (χ3n) is 5.19. The highest BCUT2D eigenvalue weighted by molar-refractivity contribution is 7.90. The van der Waals surface area contributed by atoms with E-state index in [2.05, 4.69) is 5.32 Å². The number of carbonyl (C=O) groups is 1. The lowest BCUT2D eigenvalue weighted by Gasteiger charge is -2.09. The molecular formula is C26H25N3O4S. The molecule has 0 atom stereocenters. The highest BCUT2D eigenvalue weighted by Crippen LogP contribution is 2.28. The van der Waals surface area contributed by atoms with Crippen molar-refractivity contribution >= 4 is 21.4 Å². The van der Waals surface area contributed by atoms with Crippen molar-refractivity contribution in [3.8, 4) is 22.7 Å². The first-order valence-corrected chi connectivity index (χ1v) is 12.8. The van der Waals surface area contributed by atoms with E-state index in [9.17, 15) is 13.2 Å². The average Bonchev–Trinajstić information content (AvgIpc) is 3.25. The smallest absolute Gasteiger partial charge is 0.259 e. The molecule has 0 spiro atoms. The van der Waals surface area contributed by atoms with E-state index >= 15 is 0 Å². The Morgan fingerprint density at radius 2 is 1.74 bits per heavy atom. The number of hydrogen-bond donors (Lipinski definition) is 1. The van der Waals surface area contributed by atoms with Crippen LogP contribution in [-0.2, 0) is 9.84 Å². The molecule has 0 unspecified atom stereocenters. The third-order valence-corrected chi connectivity index (χ3v) is 6.10. The summed E-state index contributed by atoms with van der Waals surface area (Å²) in [5, 5.41) is 7.64. The van der Waals surface area contributed by atoms with E-state index in [1.807, 2.05) is 61.5 Å². The molecule has 3 aromatic carbocycles. The van der Waals surface area contributed by atoms with E-state index in [4.69, 9.17) is 9.84 Å². The largest absolute Gasteiger partial charge is 0.492 e. The molecular weight excluding hydrogens is 450 g/mol. The second-order valence-corrected chi connectivity index (χ2v) is 10.2. The molecule has 0 saturated carbocycles. The number of hydrogen-bond acceptors (Lipinski definition) is 5. The minimum absolute atomic E-state index is 0.0392. The summed E-state index contributed by atoms with van der Waals surface area (Å²) in [6.07, 6.45) is 2.88. The monoisotopic (exact) mass is 475 g/mol. The van der Waals surface area contributed by atoms with Gasteiger partial charge in [0.25, 0.3) is 5.91 Å². The molecule has 174 valence electrons. The molecule has 0 aliphatic carbocycles. The highest BCUT2D eigenvalue weighted by atomic mass is 32.2. The quantitative estimate of drug-likeness (QED) is 0.405. The molecule has 8 heteroatoms. The lowest BCUT2D eigenvalue weighted by Crippen LogP contribution is -2.13. The number of nitrogens with one attached hydrogen (secondary N) is 1. The van der Waals surface area contributed by atoms with Crippen molar-refractivity contribution in [2.75, 3.05) is 23.9 Å². The summed E-state index contributed by atoms with van der Waals surface area (Å²) in [6, 6.07) is 24.3. The Morgan fingerprint density at radius 3 is 2.47 bits per heavy atom. The number of amides is 1. The Morgan fingerprint density at radius 1 is 1.00 bits per heavy atom. The van der Waals surface area contributed by atoms with Gasteiger partial charge in [-0.2, -0.15) is 5.10 Å². The fourth-order valence-corrected chi connectivity index (χ4v) is 3.85. The van der Waals surface area contributed by atoms with Crippen molar-refractivity contribution in [2.24, 2.45) is 0 Å². The Hall–Kier alpha value is -3.91. The van der Waals surface area contributed by atoms with Crippen LogP contribution in [0.1, 0.15) is 15.9 Å². The molecule has 7 nitrogen and oxygen atoms in total.